The number of nitrogens with one attached hydrogen (secondary N) is 2. The number of aromatic nitrogens is 7. The summed E-state index contributed by atoms with van der Waals surface area (Å²) in [6.45, 7) is 5.93. The zero-order chi connectivity index (χ0) is 43.0. The van der Waals surface area contributed by atoms with Gasteiger partial charge in [0.2, 0.25) is 21.8 Å². The van der Waals surface area contributed by atoms with E-state index in [4.69, 9.17) is 10.7 Å². The molecule has 1 saturated carbocycles. The molecular weight excluding hydrogens is 809 g/mol. The Balaban J connectivity index is 0.809. The van der Waals surface area contributed by atoms with Crippen LogP contribution in [0.5, 0.6) is 0 Å². The molecule has 3 aliphatic heterocycles. The number of nitriles is 1. The first-order chi connectivity index (χ1) is 30.0. The molecule has 0 spiro atoms. The van der Waals surface area contributed by atoms with Gasteiger partial charge in [0.25, 0.3) is 0 Å². The average molecular weight is 861 g/mol. The second-order valence-corrected chi connectivity index (χ2v) is 19.1. The van der Waals surface area contributed by atoms with E-state index in [9.17, 15) is 23.3 Å². The van der Waals surface area contributed by atoms with Crippen molar-refractivity contribution in [2.45, 2.75) is 75.7 Å². The van der Waals surface area contributed by atoms with Gasteiger partial charge in [0.05, 0.1) is 47.7 Å². The number of carbonyl (C=O) groups excluding carboxylic acids is 2. The predicted molar refractivity (Wildman–Crippen MR) is 233 cm³/mol. The summed E-state index contributed by atoms with van der Waals surface area (Å²) < 4.78 is 29.3. The van der Waals surface area contributed by atoms with Gasteiger partial charge in [-0.1, -0.05) is 17.3 Å². The molecule has 4 fully saturated rings. The van der Waals surface area contributed by atoms with Gasteiger partial charge in [-0.3, -0.25) is 19.8 Å². The number of rotatable bonds is 11. The normalized spacial score (nSPS) is 22.1. The van der Waals surface area contributed by atoms with Crippen LogP contribution in [0.3, 0.4) is 0 Å². The van der Waals surface area contributed by atoms with Crippen LogP contribution >= 0.6 is 0 Å². The van der Waals surface area contributed by atoms with Gasteiger partial charge in [0.1, 0.15) is 17.6 Å². The van der Waals surface area contributed by atoms with Gasteiger partial charge in [-0.2, -0.15) is 15.0 Å². The SMILES string of the molecule is CS(=O)(=O)N1CCC(Nc2cc(-n3ncc4cc(C#N)c(N)nc43)ncc2-n2cc(C3CCC(CCN4CCN(c5ccc(C6CCC(=O)NC6=O)cc5)CC4)CC3)nn2)CC1. The molecule has 18 nitrogen and oxygen atoms in total. The predicted octanol–water partition coefficient (Wildman–Crippen LogP) is 3.69. The second kappa shape index (κ2) is 17.4. The number of nitrogens with two attached hydrogens (primary N) is 1. The van der Waals surface area contributed by atoms with Crippen molar-refractivity contribution in [1.29, 1.82) is 5.26 Å². The maximum absolute atomic E-state index is 12.3. The summed E-state index contributed by atoms with van der Waals surface area (Å²) in [6.07, 6.45) is 14.4. The molecule has 5 aromatic rings. The molecule has 1 atom stereocenters. The number of nitrogens with zero attached hydrogens (tertiary/aromatic N) is 11. The first-order valence-corrected chi connectivity index (χ1v) is 23.4. The molecule has 4 N–H and O–H groups in total. The lowest BCUT2D eigenvalue weighted by Crippen LogP contribution is -2.47. The second-order valence-electron chi connectivity index (χ2n) is 17.2. The zero-order valence-corrected chi connectivity index (χ0v) is 35.7. The number of fused-ring (bicyclic) bond motifs is 1. The first-order valence-electron chi connectivity index (χ1n) is 21.6. The van der Waals surface area contributed by atoms with Crippen LogP contribution in [0.2, 0.25) is 0 Å². The molecule has 7 heterocycles. The number of sulfonamides is 1. The van der Waals surface area contributed by atoms with E-state index in [2.05, 4.69) is 59.0 Å². The molecule has 9 rings (SSSR count). The number of anilines is 3. The topological polar surface area (TPSA) is 226 Å². The Morgan fingerprint density at radius 3 is 2.42 bits per heavy atom. The average Bonchev–Trinajstić information content (AvgIpc) is 3.94. The minimum absolute atomic E-state index is 0.0105. The van der Waals surface area contributed by atoms with E-state index in [0.29, 0.717) is 73.1 Å². The van der Waals surface area contributed by atoms with Gasteiger partial charge in [-0.05, 0) is 87.6 Å². The Labute approximate surface area is 360 Å². The lowest BCUT2D eigenvalue weighted by atomic mass is 9.79. The van der Waals surface area contributed by atoms with Crippen molar-refractivity contribution < 1.29 is 18.0 Å². The molecule has 1 aromatic carbocycles. The fourth-order valence-electron chi connectivity index (χ4n) is 9.48. The summed E-state index contributed by atoms with van der Waals surface area (Å²) in [5, 5.41) is 30.0. The third kappa shape index (κ3) is 8.85. The van der Waals surface area contributed by atoms with Crippen LogP contribution in [-0.4, -0.2) is 122 Å². The van der Waals surface area contributed by atoms with Crippen LogP contribution < -0.4 is 21.3 Å². The van der Waals surface area contributed by atoms with E-state index in [1.807, 2.05) is 24.4 Å². The van der Waals surface area contributed by atoms with E-state index >= 15 is 0 Å². The third-order valence-corrected chi connectivity index (χ3v) is 14.5. The third-order valence-electron chi connectivity index (χ3n) is 13.2. The van der Waals surface area contributed by atoms with Crippen molar-refractivity contribution in [1.82, 2.24) is 49.3 Å². The number of amides is 2. The maximum Gasteiger partial charge on any atom is 0.234 e. The molecule has 3 saturated heterocycles. The van der Waals surface area contributed by atoms with Crippen molar-refractivity contribution in [2.24, 2.45) is 5.92 Å². The van der Waals surface area contributed by atoms with Crippen molar-refractivity contribution in [2.75, 3.05) is 68.0 Å². The molecule has 19 heteroatoms. The number of hydrogen-bond acceptors (Lipinski definition) is 14. The molecule has 324 valence electrons. The van der Waals surface area contributed by atoms with Gasteiger partial charge in [-0.25, -0.2) is 27.4 Å². The summed E-state index contributed by atoms with van der Waals surface area (Å²) >= 11 is 0. The largest absolute Gasteiger partial charge is 0.383 e. The fourth-order valence-corrected chi connectivity index (χ4v) is 10.4. The monoisotopic (exact) mass is 860 g/mol. The van der Waals surface area contributed by atoms with E-state index in [1.165, 1.54) is 22.7 Å². The highest BCUT2D eigenvalue weighted by Crippen LogP contribution is 2.37. The van der Waals surface area contributed by atoms with Gasteiger partial charge in [0.15, 0.2) is 11.5 Å². The van der Waals surface area contributed by atoms with Crippen molar-refractivity contribution in [3.63, 3.8) is 0 Å². The Kier molecular flexibility index (Phi) is 11.6. The Hall–Kier alpha value is -5.97. The highest BCUT2D eigenvalue weighted by Gasteiger charge is 2.30. The fraction of sp³-hybridized carbons (Fsp3) is 0.488. The molecule has 62 heavy (non-hydrogen) atoms. The number of pyridine rings is 2. The van der Waals surface area contributed by atoms with Crippen LogP contribution in [0.25, 0.3) is 22.5 Å². The molecule has 4 aromatic heterocycles. The first kappa shape index (κ1) is 41.4. The van der Waals surface area contributed by atoms with Crippen LogP contribution in [0.15, 0.2) is 55.0 Å². The summed E-state index contributed by atoms with van der Waals surface area (Å²) in [6, 6.07) is 13.9. The zero-order valence-electron chi connectivity index (χ0n) is 34.9. The number of piperazine rings is 1. The van der Waals surface area contributed by atoms with Crippen molar-refractivity contribution >= 4 is 50.1 Å². The lowest BCUT2D eigenvalue weighted by Gasteiger charge is -2.37. The van der Waals surface area contributed by atoms with Crippen LogP contribution in [0.1, 0.15) is 86.4 Å². The Morgan fingerprint density at radius 2 is 1.71 bits per heavy atom. The number of nitrogen functional groups attached to an aromatic ring is 1. The highest BCUT2D eigenvalue weighted by molar-refractivity contribution is 7.88. The maximum atomic E-state index is 12.3. The highest BCUT2D eigenvalue weighted by atomic mass is 32.2. The van der Waals surface area contributed by atoms with Crippen LogP contribution in [-0.2, 0) is 19.6 Å². The standard InChI is InChI=1S/C43H52N14O4S/c1-62(60,61)55-16-13-33(14-17-55)48-36-23-39(57-42-32(25-47-57)22-31(24-44)41(45)50-42)46-26-38(36)56-27-37(51-52-56)30-4-2-28(3-5-30)12-15-53-18-20-54(21-19-53)34-8-6-29(7-9-34)35-10-11-40(58)49-43(35)59/h6-9,22-23,25-28,30,33,35H,2-5,10-21H2,1H3,(H2,45,50)(H,46,48)(H,49,58,59). The Morgan fingerprint density at radius 1 is 0.952 bits per heavy atom. The van der Waals surface area contributed by atoms with E-state index in [0.717, 1.165) is 75.4 Å². The number of imide groups is 1. The summed E-state index contributed by atoms with van der Waals surface area (Å²) in [5.74, 6) is 0.959. The summed E-state index contributed by atoms with van der Waals surface area (Å²) in [7, 11) is -3.27. The lowest BCUT2D eigenvalue weighted by molar-refractivity contribution is -0.134. The quantitative estimate of drug-likeness (QED) is 0.161. The molecule has 0 radical (unpaired) electrons. The van der Waals surface area contributed by atoms with Crippen LogP contribution in [0, 0.1) is 17.2 Å². The van der Waals surface area contributed by atoms with Gasteiger partial charge in [-0.15, -0.1) is 5.10 Å². The summed E-state index contributed by atoms with van der Waals surface area (Å²) in [4.78, 5) is 38.1. The van der Waals surface area contributed by atoms with Crippen molar-refractivity contribution in [3.05, 3.63) is 71.8 Å². The van der Waals surface area contributed by atoms with Crippen molar-refractivity contribution in [3.8, 4) is 17.6 Å². The van der Waals surface area contributed by atoms with Crippen LogP contribution in [0.4, 0.5) is 17.2 Å². The van der Waals surface area contributed by atoms with Gasteiger partial charge >= 0.3 is 0 Å². The summed E-state index contributed by atoms with van der Waals surface area (Å²) in [5.41, 5.74) is 11.4. The minimum atomic E-state index is -3.27. The number of piperidine rings is 2. The van der Waals surface area contributed by atoms with E-state index in [-0.39, 0.29) is 35.2 Å². The molecule has 4 aliphatic rings. The molecule has 0 bridgehead atoms. The molecule has 1 unspecified atom stereocenters. The van der Waals surface area contributed by atoms with E-state index in [1.54, 1.807) is 27.8 Å². The molecular formula is C43H52N14O4S. The molecule has 1 aliphatic carbocycles. The number of benzene rings is 1. The van der Waals surface area contributed by atoms with Gasteiger partial charge in [0, 0.05) is 74.8 Å². The molecule has 2 amide bonds. The smallest absolute Gasteiger partial charge is 0.234 e. The number of carbonyl (C=O) groups is 2. The number of hydrogen-bond donors (Lipinski definition) is 3. The van der Waals surface area contributed by atoms with Gasteiger partial charge < -0.3 is 16.0 Å². The Bertz CT molecular complexity index is 2600. The minimum Gasteiger partial charge on any atom is -0.383 e. The van der Waals surface area contributed by atoms with E-state index < -0.39 is 10.0 Å².